The molecule has 0 aromatic heterocycles. The van der Waals surface area contributed by atoms with Crippen molar-refractivity contribution in [3.05, 3.63) is 58.6 Å². The summed E-state index contributed by atoms with van der Waals surface area (Å²) in [5.74, 6) is -0.957. The van der Waals surface area contributed by atoms with E-state index >= 15 is 0 Å². The first kappa shape index (κ1) is 16.7. The first-order valence-corrected chi connectivity index (χ1v) is 8.17. The number of halogens is 1. The Morgan fingerprint density at radius 2 is 1.88 bits per heavy atom. The summed E-state index contributed by atoms with van der Waals surface area (Å²) in [6.07, 6.45) is 3.30. The zero-order valence-electron chi connectivity index (χ0n) is 13.8. The number of hydrogen-bond acceptors (Lipinski definition) is 4. The van der Waals surface area contributed by atoms with Gasteiger partial charge in [-0.2, -0.15) is 15.8 Å². The maximum absolute atomic E-state index is 14.5. The van der Waals surface area contributed by atoms with Gasteiger partial charge in [-0.1, -0.05) is 31.2 Å². The maximum Gasteiger partial charge on any atom is 0.204 e. The molecule has 0 fully saturated rings. The van der Waals surface area contributed by atoms with Crippen LogP contribution in [0.4, 0.5) is 4.39 Å². The second-order valence-electron chi connectivity index (χ2n) is 6.75. The van der Waals surface area contributed by atoms with E-state index in [1.54, 1.807) is 18.2 Å². The number of nitrogens with two attached hydrogens (primary N) is 1. The van der Waals surface area contributed by atoms with Gasteiger partial charge in [0, 0.05) is 5.92 Å². The van der Waals surface area contributed by atoms with Crippen LogP contribution >= 0.6 is 0 Å². The third-order valence-corrected chi connectivity index (χ3v) is 5.33. The average Bonchev–Trinajstić information content (AvgIpc) is 2.62. The van der Waals surface area contributed by atoms with Crippen molar-refractivity contribution in [2.45, 2.75) is 25.7 Å². The molecule has 3 rings (SSSR count). The van der Waals surface area contributed by atoms with Crippen molar-refractivity contribution in [3.8, 4) is 18.2 Å². The summed E-state index contributed by atoms with van der Waals surface area (Å²) in [7, 11) is 0. The molecule has 0 spiro atoms. The van der Waals surface area contributed by atoms with Crippen molar-refractivity contribution in [2.24, 2.45) is 23.0 Å². The monoisotopic (exact) mass is 332 g/mol. The van der Waals surface area contributed by atoms with Gasteiger partial charge in [0.05, 0.1) is 29.5 Å². The van der Waals surface area contributed by atoms with E-state index in [4.69, 9.17) is 5.73 Å². The molecule has 0 saturated carbocycles. The summed E-state index contributed by atoms with van der Waals surface area (Å²) in [6.45, 7) is 2.07. The molecule has 5 heteroatoms. The highest BCUT2D eigenvalue weighted by Crippen LogP contribution is 2.55. The Hall–Kier alpha value is -3.10. The van der Waals surface area contributed by atoms with Gasteiger partial charge in [0.15, 0.2) is 0 Å². The van der Waals surface area contributed by atoms with Crippen molar-refractivity contribution < 1.29 is 4.39 Å². The van der Waals surface area contributed by atoms with Gasteiger partial charge in [0.2, 0.25) is 5.41 Å². The van der Waals surface area contributed by atoms with E-state index in [2.05, 4.69) is 13.0 Å². The van der Waals surface area contributed by atoms with Gasteiger partial charge in [-0.15, -0.1) is 0 Å². The van der Waals surface area contributed by atoms with E-state index < -0.39 is 17.2 Å². The minimum Gasteiger partial charge on any atom is -0.399 e. The molecule has 124 valence electrons. The van der Waals surface area contributed by atoms with Gasteiger partial charge in [0.1, 0.15) is 5.82 Å². The molecule has 0 bridgehead atoms. The molecule has 4 nitrogen and oxygen atoms in total. The van der Waals surface area contributed by atoms with Gasteiger partial charge >= 0.3 is 0 Å². The molecule has 2 N–H and O–H groups in total. The van der Waals surface area contributed by atoms with Crippen LogP contribution in [0.3, 0.4) is 0 Å². The van der Waals surface area contributed by atoms with Crippen molar-refractivity contribution in [2.75, 3.05) is 0 Å². The smallest absolute Gasteiger partial charge is 0.204 e. The van der Waals surface area contributed by atoms with Crippen LogP contribution in [-0.4, -0.2) is 0 Å². The Labute approximate surface area is 146 Å². The van der Waals surface area contributed by atoms with Crippen molar-refractivity contribution in [1.82, 2.24) is 0 Å². The normalized spacial score (nSPS) is 27.3. The summed E-state index contributed by atoms with van der Waals surface area (Å²) in [4.78, 5) is 0. The van der Waals surface area contributed by atoms with Crippen LogP contribution in [0.15, 0.2) is 47.2 Å². The van der Waals surface area contributed by atoms with Crippen molar-refractivity contribution >= 4 is 0 Å². The van der Waals surface area contributed by atoms with Crippen molar-refractivity contribution in [1.29, 1.82) is 15.8 Å². The number of fused-ring (bicyclic) bond motifs is 1. The van der Waals surface area contributed by atoms with E-state index in [0.29, 0.717) is 23.5 Å². The number of hydrogen-bond donors (Lipinski definition) is 1. The number of nitrogens with zero attached hydrogens (tertiary/aromatic N) is 3. The lowest BCUT2D eigenvalue weighted by molar-refractivity contribution is 0.330. The summed E-state index contributed by atoms with van der Waals surface area (Å²) in [5, 5.41) is 29.2. The molecule has 0 radical (unpaired) electrons. The molecule has 0 aliphatic heterocycles. The molecule has 25 heavy (non-hydrogen) atoms. The van der Waals surface area contributed by atoms with Crippen LogP contribution < -0.4 is 5.73 Å². The van der Waals surface area contributed by atoms with Crippen molar-refractivity contribution in [3.63, 3.8) is 0 Å². The first-order valence-electron chi connectivity index (χ1n) is 8.17. The second kappa shape index (κ2) is 6.08. The van der Waals surface area contributed by atoms with Crippen LogP contribution in [0.5, 0.6) is 0 Å². The van der Waals surface area contributed by atoms with Crippen LogP contribution in [0.25, 0.3) is 0 Å². The van der Waals surface area contributed by atoms with E-state index in [1.165, 1.54) is 6.07 Å². The summed E-state index contributed by atoms with van der Waals surface area (Å²) < 4.78 is 14.5. The molecular weight excluding hydrogens is 315 g/mol. The molecule has 0 unspecified atom stereocenters. The number of allylic oxidation sites excluding steroid dienone is 3. The van der Waals surface area contributed by atoms with Gasteiger partial charge in [0.25, 0.3) is 0 Å². The third kappa shape index (κ3) is 2.31. The summed E-state index contributed by atoms with van der Waals surface area (Å²) >= 11 is 0. The minimum atomic E-state index is -1.64. The Morgan fingerprint density at radius 1 is 1.20 bits per heavy atom. The summed E-state index contributed by atoms with van der Waals surface area (Å²) in [5.41, 5.74) is 5.58. The molecule has 3 atom stereocenters. The Balaban J connectivity index is 2.35. The fraction of sp³-hybridized carbons (Fsp3) is 0.350. The Kier molecular flexibility index (Phi) is 4.07. The van der Waals surface area contributed by atoms with Gasteiger partial charge in [-0.3, -0.25) is 0 Å². The molecule has 0 saturated heterocycles. The van der Waals surface area contributed by atoms with Gasteiger partial charge < -0.3 is 5.73 Å². The molecule has 2 aliphatic rings. The van der Waals surface area contributed by atoms with Crippen LogP contribution in [0, 0.1) is 57.1 Å². The quantitative estimate of drug-likeness (QED) is 0.793. The molecular formula is C20H17FN4. The lowest BCUT2D eigenvalue weighted by Crippen LogP contribution is -2.41. The lowest BCUT2D eigenvalue weighted by Gasteiger charge is -2.43. The molecule has 2 aliphatic carbocycles. The maximum atomic E-state index is 14.5. The van der Waals surface area contributed by atoms with E-state index in [-0.39, 0.29) is 17.2 Å². The standard InChI is InChI=1S/C20H17FN4/c1-12-6-7-16-14(8-12)18(13-4-2-3-5-17(13)21)15(9-22)19(25)20(16,10-23)11-24/h2-5,7,12,14,18H,6,8,25H2,1H3/t12-,14+,18-/m1/s1. The first-order chi connectivity index (χ1) is 12.0. The largest absolute Gasteiger partial charge is 0.399 e. The highest BCUT2D eigenvalue weighted by Gasteiger charge is 2.52. The number of benzene rings is 1. The topological polar surface area (TPSA) is 97.4 Å². The second-order valence-corrected chi connectivity index (χ2v) is 6.75. The minimum absolute atomic E-state index is 0.0645. The highest BCUT2D eigenvalue weighted by molar-refractivity contribution is 5.58. The SMILES string of the molecule is C[C@@H]1CC=C2[C@H](C1)[C@@H](c1ccccc1F)C(C#N)=C(N)C2(C#N)C#N. The van der Waals surface area contributed by atoms with E-state index in [9.17, 15) is 20.2 Å². The number of rotatable bonds is 1. The predicted molar refractivity (Wildman–Crippen MR) is 89.6 cm³/mol. The van der Waals surface area contributed by atoms with Gasteiger partial charge in [-0.25, -0.2) is 4.39 Å². The average molecular weight is 332 g/mol. The van der Waals surface area contributed by atoms with Crippen LogP contribution in [0.2, 0.25) is 0 Å². The zero-order valence-corrected chi connectivity index (χ0v) is 13.8. The molecule has 1 aromatic rings. The third-order valence-electron chi connectivity index (χ3n) is 5.33. The Morgan fingerprint density at radius 3 is 2.48 bits per heavy atom. The Bertz CT molecular complexity index is 893. The zero-order chi connectivity index (χ0) is 18.2. The molecule has 0 heterocycles. The highest BCUT2D eigenvalue weighted by atomic mass is 19.1. The van der Waals surface area contributed by atoms with Gasteiger partial charge in [-0.05, 0) is 41.9 Å². The fourth-order valence-corrected chi connectivity index (χ4v) is 4.11. The van der Waals surface area contributed by atoms with E-state index in [0.717, 1.165) is 6.42 Å². The van der Waals surface area contributed by atoms with Crippen LogP contribution in [0.1, 0.15) is 31.2 Å². The molecule has 0 amide bonds. The van der Waals surface area contributed by atoms with E-state index in [1.807, 2.05) is 18.2 Å². The lowest BCUT2D eigenvalue weighted by atomic mass is 9.57. The number of nitriles is 3. The summed E-state index contributed by atoms with van der Waals surface area (Å²) in [6, 6.07) is 12.4. The molecule has 1 aromatic carbocycles. The fourth-order valence-electron chi connectivity index (χ4n) is 4.11. The van der Waals surface area contributed by atoms with Crippen LogP contribution in [-0.2, 0) is 0 Å². The predicted octanol–water partition coefficient (Wildman–Crippen LogP) is 3.67.